The van der Waals surface area contributed by atoms with Crippen molar-refractivity contribution in [2.24, 2.45) is 0 Å². The van der Waals surface area contributed by atoms with Gasteiger partial charge in [-0.15, -0.1) is 0 Å². The predicted molar refractivity (Wildman–Crippen MR) is 337 cm³/mol. The summed E-state index contributed by atoms with van der Waals surface area (Å²) in [6.45, 7) is 1.69. The largest absolute Gasteiger partial charge is 0.394 e. The minimum Gasteiger partial charge on any atom is -0.394 e. The molecule has 3 saturated heterocycles. The van der Waals surface area contributed by atoms with E-state index in [-0.39, 0.29) is 18.9 Å². The molecule has 0 saturated carbocycles. The van der Waals surface area contributed by atoms with Crippen LogP contribution in [0.15, 0.2) is 60.8 Å². The fraction of sp³-hybridized carbons (Fsp3) is 0.838. The first-order valence-electron chi connectivity index (χ1n) is 34.0. The second-order valence-corrected chi connectivity index (χ2v) is 24.3. The van der Waals surface area contributed by atoms with Crippen molar-refractivity contribution in [3.63, 3.8) is 0 Å². The maximum absolute atomic E-state index is 13.4. The lowest BCUT2D eigenvalue weighted by Crippen LogP contribution is -2.66. The Kier molecular flexibility index (Phi) is 45.3. The highest BCUT2D eigenvalue weighted by Crippen LogP contribution is 2.33. The molecule has 17 unspecified atom stereocenters. The fourth-order valence-corrected chi connectivity index (χ4v) is 11.2. The lowest BCUT2D eigenvalue weighted by Gasteiger charge is -2.48. The van der Waals surface area contributed by atoms with E-state index in [9.17, 15) is 61.0 Å². The number of rotatable bonds is 51. The van der Waals surface area contributed by atoms with Crippen LogP contribution in [-0.4, -0.2) is 193 Å². The van der Waals surface area contributed by atoms with Crippen LogP contribution in [0.5, 0.6) is 0 Å². The predicted octanol–water partition coefficient (Wildman–Crippen LogP) is 8.38. The van der Waals surface area contributed by atoms with Crippen molar-refractivity contribution in [1.82, 2.24) is 5.32 Å². The Labute approximate surface area is 522 Å². The highest BCUT2D eigenvalue weighted by atomic mass is 16.8. The third-order valence-electron chi connectivity index (χ3n) is 16.8. The number of aliphatic hydroxyl groups excluding tert-OH is 11. The first-order valence-corrected chi connectivity index (χ1v) is 34.0. The molecule has 1 amide bonds. The third-order valence-corrected chi connectivity index (χ3v) is 16.8. The lowest BCUT2D eigenvalue weighted by atomic mass is 9.96. The number of nitrogens with one attached hydrogen (secondary N) is 1. The molecule has 19 heteroatoms. The summed E-state index contributed by atoms with van der Waals surface area (Å²) in [5.74, 6) is -0.291. The molecule has 0 aromatic rings. The average Bonchev–Trinajstić information content (AvgIpc) is 1.15. The van der Waals surface area contributed by atoms with Gasteiger partial charge in [-0.05, 0) is 77.0 Å². The number of hydrogen-bond donors (Lipinski definition) is 12. The Morgan fingerprint density at radius 2 is 0.770 bits per heavy atom. The summed E-state index contributed by atoms with van der Waals surface area (Å²) in [6.07, 6.45) is 33.4. The number of allylic oxidation sites excluding steroid dienone is 9. The van der Waals surface area contributed by atoms with Crippen LogP contribution in [0, 0.1) is 0 Å². The molecule has 0 radical (unpaired) electrons. The number of ether oxygens (including phenoxy) is 6. The number of hydrogen-bond acceptors (Lipinski definition) is 18. The van der Waals surface area contributed by atoms with Gasteiger partial charge in [0.1, 0.15) is 73.2 Å². The number of carbonyl (C=O) groups is 1. The third kappa shape index (κ3) is 32.6. The molecule has 0 aromatic heterocycles. The molecule has 3 fully saturated rings. The summed E-state index contributed by atoms with van der Waals surface area (Å²) >= 11 is 0. The van der Waals surface area contributed by atoms with Gasteiger partial charge in [0.15, 0.2) is 18.9 Å². The SMILES string of the molecule is CCCCCCC/C=C\C/C=C\CCCCCCCCCCCCCCCC(=O)NC(COC1OC(CO)C(OC2OC(CO)C(OC3OC(CO)C(O)C(O)C3O)C(O)C2O)C(O)C1O)C(O)/C=C/CC/C=C/CC/C=C/CCCCCCCCC. The maximum Gasteiger partial charge on any atom is 0.220 e. The van der Waals surface area contributed by atoms with E-state index in [0.717, 1.165) is 51.4 Å². The zero-order valence-electron chi connectivity index (χ0n) is 53.2. The molecule has 3 rings (SSSR count). The molecule has 3 heterocycles. The first-order chi connectivity index (χ1) is 42.3. The molecule has 0 spiro atoms. The fourth-order valence-electron chi connectivity index (χ4n) is 11.2. The van der Waals surface area contributed by atoms with Crippen LogP contribution in [0.3, 0.4) is 0 Å². The van der Waals surface area contributed by atoms with Crippen LogP contribution in [0.4, 0.5) is 0 Å². The lowest BCUT2D eigenvalue weighted by molar-refractivity contribution is -0.379. The van der Waals surface area contributed by atoms with Crippen LogP contribution in [-0.2, 0) is 33.2 Å². The first kappa shape index (κ1) is 78.7. The number of carbonyl (C=O) groups excluding carboxylic acids is 1. The molecule has 3 aliphatic heterocycles. The van der Waals surface area contributed by atoms with Crippen molar-refractivity contribution in [2.75, 3.05) is 26.4 Å². The molecule has 0 bridgehead atoms. The smallest absolute Gasteiger partial charge is 0.220 e. The van der Waals surface area contributed by atoms with E-state index in [2.05, 4.69) is 67.8 Å². The number of amides is 1. The highest BCUT2D eigenvalue weighted by Gasteiger charge is 2.53. The van der Waals surface area contributed by atoms with Gasteiger partial charge in [0.05, 0.1) is 38.6 Å². The molecule has 0 aromatic carbocycles. The molecular formula is C68H121NO18. The average molecular weight is 1240 g/mol. The zero-order valence-corrected chi connectivity index (χ0v) is 53.2. The summed E-state index contributed by atoms with van der Waals surface area (Å²) < 4.78 is 34.3. The van der Waals surface area contributed by atoms with Gasteiger partial charge in [0.25, 0.3) is 0 Å². The van der Waals surface area contributed by atoms with E-state index in [4.69, 9.17) is 28.4 Å². The Morgan fingerprint density at radius 3 is 1.22 bits per heavy atom. The standard InChI is InChI=1S/C68H121NO18/c1-3-5-7-9-11-13-15-17-19-21-22-23-24-25-26-27-28-30-32-34-36-38-40-42-44-46-56(74)69-51(52(73)45-43-41-39-37-35-33-31-29-20-18-16-14-12-10-8-6-4-2)50-82-66-62(80)59(77)64(54(48-71)84-66)87-68-63(81)60(78)65(55(49-72)85-68)86-67-61(79)58(76)57(75)53(47-70)83-67/h15,17,20-22,29,35,37,43,45,51-55,57-68,70-73,75-81H,3-14,16,18-19,23-28,30-34,36,38-42,44,46-50H2,1-2H3,(H,69,74)/b17-15-,22-21-,29-20+,37-35+,45-43+. The van der Waals surface area contributed by atoms with Gasteiger partial charge in [-0.2, -0.15) is 0 Å². The Bertz CT molecular complexity index is 1820. The van der Waals surface area contributed by atoms with E-state index in [0.29, 0.717) is 12.8 Å². The molecule has 87 heavy (non-hydrogen) atoms. The van der Waals surface area contributed by atoms with Crippen LogP contribution in [0.25, 0.3) is 0 Å². The van der Waals surface area contributed by atoms with Crippen LogP contribution < -0.4 is 5.32 Å². The summed E-state index contributed by atoms with van der Waals surface area (Å²) in [5.41, 5.74) is 0. The van der Waals surface area contributed by atoms with E-state index in [1.54, 1.807) is 6.08 Å². The van der Waals surface area contributed by atoms with Crippen LogP contribution in [0.2, 0.25) is 0 Å². The molecular weight excluding hydrogens is 1120 g/mol. The van der Waals surface area contributed by atoms with Gasteiger partial charge in [-0.25, -0.2) is 0 Å². The Hall–Kier alpha value is -2.51. The van der Waals surface area contributed by atoms with Gasteiger partial charge in [-0.3, -0.25) is 4.79 Å². The van der Waals surface area contributed by atoms with Crippen LogP contribution >= 0.6 is 0 Å². The Morgan fingerprint density at radius 1 is 0.414 bits per heavy atom. The van der Waals surface area contributed by atoms with Crippen molar-refractivity contribution < 1.29 is 89.4 Å². The minimum absolute atomic E-state index is 0.230. The molecule has 19 nitrogen and oxygen atoms in total. The zero-order chi connectivity index (χ0) is 63.3. The van der Waals surface area contributed by atoms with Crippen molar-refractivity contribution in [2.45, 2.75) is 336 Å². The van der Waals surface area contributed by atoms with Crippen molar-refractivity contribution in [3.05, 3.63) is 60.8 Å². The highest BCUT2D eigenvalue weighted by molar-refractivity contribution is 5.76. The molecule has 17 atom stereocenters. The summed E-state index contributed by atoms with van der Waals surface area (Å²) in [5, 5.41) is 120. The van der Waals surface area contributed by atoms with E-state index < -0.39 is 124 Å². The van der Waals surface area contributed by atoms with E-state index >= 15 is 0 Å². The second kappa shape index (κ2) is 50.1. The minimum atomic E-state index is -1.98. The van der Waals surface area contributed by atoms with Crippen LogP contribution in [0.1, 0.15) is 232 Å². The van der Waals surface area contributed by atoms with Gasteiger partial charge in [0, 0.05) is 6.42 Å². The van der Waals surface area contributed by atoms with Crippen molar-refractivity contribution in [1.29, 1.82) is 0 Å². The summed E-state index contributed by atoms with van der Waals surface area (Å²) in [6, 6.07) is -0.998. The quantitative estimate of drug-likeness (QED) is 0.0201. The van der Waals surface area contributed by atoms with Gasteiger partial charge < -0.3 is 89.9 Å². The van der Waals surface area contributed by atoms with Crippen molar-refractivity contribution >= 4 is 5.91 Å². The normalized spacial score (nSPS) is 29.0. The molecule has 3 aliphatic rings. The van der Waals surface area contributed by atoms with Gasteiger partial charge in [0.2, 0.25) is 5.91 Å². The maximum atomic E-state index is 13.4. The topological polar surface area (TPSA) is 307 Å². The monoisotopic (exact) mass is 1240 g/mol. The van der Waals surface area contributed by atoms with Gasteiger partial charge in [-0.1, -0.05) is 209 Å². The summed E-state index contributed by atoms with van der Waals surface area (Å²) in [4.78, 5) is 13.4. The van der Waals surface area contributed by atoms with E-state index in [1.165, 1.54) is 148 Å². The molecule has 12 N–H and O–H groups in total. The number of unbranched alkanes of at least 4 members (excludes halogenated alkanes) is 27. The molecule has 0 aliphatic carbocycles. The Balaban J connectivity index is 1.45. The van der Waals surface area contributed by atoms with Crippen molar-refractivity contribution in [3.8, 4) is 0 Å². The molecule has 506 valence electrons. The summed E-state index contributed by atoms with van der Waals surface area (Å²) in [7, 11) is 0. The number of aliphatic hydroxyl groups is 11. The second-order valence-electron chi connectivity index (χ2n) is 24.3. The van der Waals surface area contributed by atoms with E-state index in [1.807, 2.05) is 6.08 Å². The van der Waals surface area contributed by atoms with Gasteiger partial charge >= 0.3 is 0 Å².